The Hall–Kier alpha value is -2.13. The molecule has 0 aromatic heterocycles. The molecule has 0 spiro atoms. The first kappa shape index (κ1) is 22.6. The number of rotatable bonds is 6. The maximum atomic E-state index is 12.8. The third-order valence-electron chi connectivity index (χ3n) is 4.75. The first-order valence-electron chi connectivity index (χ1n) is 9.16. The highest BCUT2D eigenvalue weighted by Gasteiger charge is 2.30. The van der Waals surface area contributed by atoms with Crippen LogP contribution in [0.5, 0.6) is 5.75 Å². The molecule has 0 aliphatic carbocycles. The zero-order chi connectivity index (χ0) is 21.9. The molecule has 10 heteroatoms. The first-order chi connectivity index (χ1) is 14.2. The Morgan fingerprint density at radius 3 is 2.07 bits per heavy atom. The summed E-state index contributed by atoms with van der Waals surface area (Å²) in [6.07, 6.45) is 0. The molecule has 0 bridgehead atoms. The van der Waals surface area contributed by atoms with Gasteiger partial charge in [-0.3, -0.25) is 9.59 Å². The van der Waals surface area contributed by atoms with E-state index in [-0.39, 0.29) is 55.1 Å². The molecule has 0 radical (unpaired) electrons. The Kier molecular flexibility index (Phi) is 7.02. The maximum Gasteiger partial charge on any atom is 0.260 e. The second kappa shape index (κ2) is 9.34. The number of amides is 1. The molecule has 3 rings (SSSR count). The molecule has 0 saturated carbocycles. The number of para-hydroxylation sites is 1. The van der Waals surface area contributed by atoms with E-state index >= 15 is 0 Å². The third-order valence-corrected chi connectivity index (χ3v) is 7.26. The molecule has 1 heterocycles. The van der Waals surface area contributed by atoms with Crippen molar-refractivity contribution < 1.29 is 22.7 Å². The van der Waals surface area contributed by atoms with Gasteiger partial charge < -0.3 is 9.64 Å². The van der Waals surface area contributed by atoms with Crippen molar-refractivity contribution >= 4 is 44.9 Å². The van der Waals surface area contributed by atoms with E-state index in [1.807, 2.05) is 0 Å². The number of carbonyl (C=O) groups excluding carboxylic acids is 2. The van der Waals surface area contributed by atoms with Gasteiger partial charge in [-0.15, -0.1) is 0 Å². The fourth-order valence-electron chi connectivity index (χ4n) is 3.03. The molecular formula is C20H20Cl2N2O5S. The van der Waals surface area contributed by atoms with Crippen molar-refractivity contribution in [2.75, 3.05) is 32.8 Å². The predicted molar refractivity (Wildman–Crippen MR) is 114 cm³/mol. The van der Waals surface area contributed by atoms with Gasteiger partial charge in [0.1, 0.15) is 0 Å². The summed E-state index contributed by atoms with van der Waals surface area (Å²) in [6.45, 7) is 1.98. The molecule has 1 saturated heterocycles. The van der Waals surface area contributed by atoms with Gasteiger partial charge in [0.25, 0.3) is 5.91 Å². The Bertz CT molecular complexity index is 1030. The summed E-state index contributed by atoms with van der Waals surface area (Å²) >= 11 is 12.1. The van der Waals surface area contributed by atoms with Crippen LogP contribution in [0.2, 0.25) is 10.0 Å². The number of ketones is 1. The van der Waals surface area contributed by atoms with Crippen LogP contribution in [-0.2, 0) is 14.8 Å². The number of nitrogens with zero attached hydrogens (tertiary/aromatic N) is 2. The second-order valence-corrected chi connectivity index (χ2v) is 9.46. The van der Waals surface area contributed by atoms with Gasteiger partial charge in [-0.25, -0.2) is 8.42 Å². The van der Waals surface area contributed by atoms with E-state index in [4.69, 9.17) is 27.9 Å². The van der Waals surface area contributed by atoms with Crippen molar-refractivity contribution in [3.05, 3.63) is 58.1 Å². The highest BCUT2D eigenvalue weighted by atomic mass is 35.5. The normalized spacial score (nSPS) is 15.1. The number of sulfonamides is 1. The minimum absolute atomic E-state index is 0.115. The Morgan fingerprint density at radius 2 is 1.53 bits per heavy atom. The van der Waals surface area contributed by atoms with E-state index in [0.717, 1.165) is 0 Å². The van der Waals surface area contributed by atoms with Gasteiger partial charge >= 0.3 is 0 Å². The Morgan fingerprint density at radius 1 is 0.967 bits per heavy atom. The molecule has 160 valence electrons. The SMILES string of the molecule is CC(=O)c1ccc(S(=O)(=O)N2CCN(C(=O)COc3c(Cl)cccc3Cl)CC2)cc1. The largest absolute Gasteiger partial charge is 0.481 e. The number of hydrogen-bond acceptors (Lipinski definition) is 5. The summed E-state index contributed by atoms with van der Waals surface area (Å²) in [7, 11) is -3.70. The fourth-order valence-corrected chi connectivity index (χ4v) is 4.96. The van der Waals surface area contributed by atoms with Crippen LogP contribution in [0.1, 0.15) is 17.3 Å². The topological polar surface area (TPSA) is 84.0 Å². The highest BCUT2D eigenvalue weighted by Crippen LogP contribution is 2.32. The molecule has 0 unspecified atom stereocenters. The quantitative estimate of drug-likeness (QED) is 0.605. The Balaban J connectivity index is 1.58. The van der Waals surface area contributed by atoms with Crippen LogP contribution in [0.3, 0.4) is 0 Å². The number of halogens is 2. The maximum absolute atomic E-state index is 12.8. The third kappa shape index (κ3) is 4.95. The summed E-state index contributed by atoms with van der Waals surface area (Å²) in [5.74, 6) is -0.176. The monoisotopic (exact) mass is 470 g/mol. The molecule has 0 atom stereocenters. The summed E-state index contributed by atoms with van der Waals surface area (Å²) < 4.78 is 32.4. The van der Waals surface area contributed by atoms with E-state index in [9.17, 15) is 18.0 Å². The zero-order valence-corrected chi connectivity index (χ0v) is 18.5. The van der Waals surface area contributed by atoms with Gasteiger partial charge in [-0.1, -0.05) is 41.4 Å². The number of hydrogen-bond donors (Lipinski definition) is 0. The van der Waals surface area contributed by atoms with E-state index in [1.165, 1.54) is 40.4 Å². The molecule has 30 heavy (non-hydrogen) atoms. The molecule has 2 aromatic rings. The highest BCUT2D eigenvalue weighted by molar-refractivity contribution is 7.89. The van der Waals surface area contributed by atoms with Crippen LogP contribution in [0.25, 0.3) is 0 Å². The molecule has 2 aromatic carbocycles. The number of Topliss-reactive ketones (excluding diaryl/α,β-unsaturated/α-hetero) is 1. The Labute approximate surface area is 185 Å². The van der Waals surface area contributed by atoms with Crippen LogP contribution >= 0.6 is 23.2 Å². The van der Waals surface area contributed by atoms with Crippen molar-refractivity contribution in [3.8, 4) is 5.75 Å². The van der Waals surface area contributed by atoms with Crippen LogP contribution in [-0.4, -0.2) is 62.1 Å². The van der Waals surface area contributed by atoms with Gasteiger partial charge in [0.15, 0.2) is 18.1 Å². The lowest BCUT2D eigenvalue weighted by Gasteiger charge is -2.34. The van der Waals surface area contributed by atoms with Gasteiger partial charge in [-0.2, -0.15) is 4.31 Å². The lowest BCUT2D eigenvalue weighted by Crippen LogP contribution is -2.51. The van der Waals surface area contributed by atoms with Crippen molar-refractivity contribution in [1.82, 2.24) is 9.21 Å². The first-order valence-corrected chi connectivity index (χ1v) is 11.4. The molecule has 1 aliphatic heterocycles. The zero-order valence-electron chi connectivity index (χ0n) is 16.2. The molecule has 1 aliphatic rings. The summed E-state index contributed by atoms with van der Waals surface area (Å²) in [5.41, 5.74) is 0.447. The number of piperazine rings is 1. The van der Waals surface area contributed by atoms with E-state index < -0.39 is 10.0 Å². The van der Waals surface area contributed by atoms with Gasteiger partial charge in [0.2, 0.25) is 10.0 Å². The van der Waals surface area contributed by atoms with Gasteiger partial charge in [-0.05, 0) is 31.2 Å². The average molecular weight is 471 g/mol. The molecule has 1 fully saturated rings. The van der Waals surface area contributed by atoms with E-state index in [1.54, 1.807) is 18.2 Å². The number of carbonyl (C=O) groups is 2. The lowest BCUT2D eigenvalue weighted by atomic mass is 10.2. The smallest absolute Gasteiger partial charge is 0.260 e. The second-order valence-electron chi connectivity index (χ2n) is 6.70. The lowest BCUT2D eigenvalue weighted by molar-refractivity contribution is -0.134. The van der Waals surface area contributed by atoms with Gasteiger partial charge in [0.05, 0.1) is 14.9 Å². The summed E-state index contributed by atoms with van der Waals surface area (Å²) in [4.78, 5) is 25.5. The molecular weight excluding hydrogens is 451 g/mol. The minimum atomic E-state index is -3.70. The van der Waals surface area contributed by atoms with Crippen molar-refractivity contribution in [1.29, 1.82) is 0 Å². The van der Waals surface area contributed by atoms with E-state index in [0.29, 0.717) is 15.6 Å². The average Bonchev–Trinajstić information content (AvgIpc) is 2.73. The number of ether oxygens (including phenoxy) is 1. The van der Waals surface area contributed by atoms with Crippen LogP contribution in [0, 0.1) is 0 Å². The number of benzene rings is 2. The standard InChI is InChI=1S/C20H20Cl2N2O5S/c1-14(25)15-5-7-16(8-6-15)30(27,28)24-11-9-23(10-12-24)19(26)13-29-20-17(21)3-2-4-18(20)22/h2-8H,9-13H2,1H3. The van der Waals surface area contributed by atoms with Gasteiger partial charge in [0, 0.05) is 31.7 Å². The van der Waals surface area contributed by atoms with Crippen LogP contribution < -0.4 is 4.74 Å². The minimum Gasteiger partial charge on any atom is -0.481 e. The molecule has 1 amide bonds. The van der Waals surface area contributed by atoms with Crippen LogP contribution in [0.4, 0.5) is 0 Å². The van der Waals surface area contributed by atoms with Crippen molar-refractivity contribution in [2.24, 2.45) is 0 Å². The summed E-state index contributed by atoms with van der Waals surface area (Å²) in [5, 5.41) is 0.615. The van der Waals surface area contributed by atoms with Crippen molar-refractivity contribution in [3.63, 3.8) is 0 Å². The van der Waals surface area contributed by atoms with Crippen LogP contribution in [0.15, 0.2) is 47.4 Å². The fraction of sp³-hybridized carbons (Fsp3) is 0.300. The summed E-state index contributed by atoms with van der Waals surface area (Å²) in [6, 6.07) is 10.7. The van der Waals surface area contributed by atoms with E-state index in [2.05, 4.69) is 0 Å². The van der Waals surface area contributed by atoms with Crippen molar-refractivity contribution in [2.45, 2.75) is 11.8 Å². The molecule has 7 nitrogen and oxygen atoms in total. The molecule has 0 N–H and O–H groups in total. The predicted octanol–water partition coefficient (Wildman–Crippen LogP) is 3.11.